The van der Waals surface area contributed by atoms with Gasteiger partial charge in [-0.25, -0.2) is 15.0 Å². The van der Waals surface area contributed by atoms with Gasteiger partial charge in [0.1, 0.15) is 0 Å². The molecule has 4 aromatic heterocycles. The van der Waals surface area contributed by atoms with E-state index in [1.807, 2.05) is 0 Å². The van der Waals surface area contributed by atoms with Crippen LogP contribution >= 0.6 is 0 Å². The summed E-state index contributed by atoms with van der Waals surface area (Å²) in [6.07, 6.45) is 6.39. The fourth-order valence-electron chi connectivity index (χ4n) is 9.64. The molecular weight excluding hydrogens is 841 g/mol. The van der Waals surface area contributed by atoms with E-state index in [0.29, 0.717) is 17.5 Å². The van der Waals surface area contributed by atoms with E-state index in [9.17, 15) is 0 Å². The number of para-hydroxylation sites is 3. The average molecular weight is 883 g/mol. The number of nitrogens with zero attached hydrogens (tertiary/aromatic N) is 6. The zero-order chi connectivity index (χ0) is 45.7. The van der Waals surface area contributed by atoms with E-state index in [2.05, 4.69) is 269 Å². The molecule has 0 aliphatic heterocycles. The molecule has 0 amide bonds. The van der Waals surface area contributed by atoms with Crippen molar-refractivity contribution in [3.8, 4) is 84.6 Å². The van der Waals surface area contributed by atoms with Crippen LogP contribution in [0.25, 0.3) is 117 Å². The van der Waals surface area contributed by atoms with Crippen molar-refractivity contribution < 1.29 is 0 Å². The van der Waals surface area contributed by atoms with Crippen LogP contribution in [0.3, 0.4) is 0 Å². The van der Waals surface area contributed by atoms with Gasteiger partial charge in [0.15, 0.2) is 17.5 Å². The predicted octanol–water partition coefficient (Wildman–Crippen LogP) is 15.7. The van der Waals surface area contributed by atoms with Crippen LogP contribution in [0.15, 0.2) is 255 Å². The van der Waals surface area contributed by atoms with Crippen molar-refractivity contribution in [1.29, 1.82) is 0 Å². The van der Waals surface area contributed by atoms with Crippen LogP contribution in [0.2, 0.25) is 0 Å². The van der Waals surface area contributed by atoms with Crippen LogP contribution in [0, 0.1) is 0 Å². The third-order valence-corrected chi connectivity index (χ3v) is 13.2. The highest BCUT2D eigenvalue weighted by atomic mass is 15.0. The van der Waals surface area contributed by atoms with Gasteiger partial charge in [-0.05, 0) is 141 Å². The fraction of sp³-hybridized carbons (Fsp3) is 0. The SMILES string of the molecule is c1cc(-c2ccc(-n3ccc4ccccc43)cc2)cc(-c2nc(-c3cccc(-c4ccc(-n5ccc6ccccc65)cc4)c3)nc(-c3cccc(-c4ccc(-n5ccc6ccccc65)cc4)c3)n2)c1. The number of benzene rings is 9. The van der Waals surface area contributed by atoms with E-state index >= 15 is 0 Å². The minimum Gasteiger partial charge on any atom is -0.317 e. The van der Waals surface area contributed by atoms with Gasteiger partial charge in [0.2, 0.25) is 0 Å². The second-order valence-corrected chi connectivity index (χ2v) is 17.4. The molecule has 0 fully saturated rings. The van der Waals surface area contributed by atoms with Crippen molar-refractivity contribution in [2.45, 2.75) is 0 Å². The highest BCUT2D eigenvalue weighted by molar-refractivity contribution is 5.85. The quantitative estimate of drug-likeness (QED) is 0.145. The Balaban J connectivity index is 0.868. The first-order valence-electron chi connectivity index (χ1n) is 23.2. The molecule has 13 aromatic rings. The summed E-state index contributed by atoms with van der Waals surface area (Å²) in [5, 5.41) is 3.66. The standard InChI is InChI=1S/C63H42N6/c1-4-19-58-46(10-1)34-37-67(58)55-28-22-43(23-29-55)49-13-7-16-52(40-49)61-64-62(53-17-8-14-50(41-53)44-24-30-56(31-25-44)68-38-35-47-11-2-5-20-59(47)68)66-63(65-61)54-18-9-15-51(42-54)45-26-32-57(33-27-45)69-39-36-48-12-3-6-21-60(48)69/h1-42H. The topological polar surface area (TPSA) is 53.5 Å². The zero-order valence-corrected chi connectivity index (χ0v) is 37.4. The maximum absolute atomic E-state index is 5.23. The van der Waals surface area contributed by atoms with Crippen molar-refractivity contribution in [1.82, 2.24) is 28.7 Å². The molecule has 4 heterocycles. The summed E-state index contributed by atoms with van der Waals surface area (Å²) in [4.78, 5) is 15.7. The molecular formula is C63H42N6. The Bertz CT molecular complexity index is 3580. The molecule has 0 spiro atoms. The number of hydrogen-bond acceptors (Lipinski definition) is 3. The maximum atomic E-state index is 5.23. The zero-order valence-electron chi connectivity index (χ0n) is 37.4. The summed E-state index contributed by atoms with van der Waals surface area (Å²) in [7, 11) is 0. The lowest BCUT2D eigenvalue weighted by atomic mass is 10.0. The van der Waals surface area contributed by atoms with Gasteiger partial charge >= 0.3 is 0 Å². The normalized spacial score (nSPS) is 11.5. The van der Waals surface area contributed by atoms with E-state index in [1.165, 1.54) is 32.7 Å². The van der Waals surface area contributed by atoms with Gasteiger partial charge in [-0.15, -0.1) is 0 Å². The first kappa shape index (κ1) is 39.9. The molecule has 0 saturated heterocycles. The summed E-state index contributed by atoms with van der Waals surface area (Å²) < 4.78 is 6.69. The number of aromatic nitrogens is 6. The summed E-state index contributed by atoms with van der Waals surface area (Å²) in [6.45, 7) is 0. The highest BCUT2D eigenvalue weighted by Gasteiger charge is 2.16. The molecule has 0 aliphatic rings. The average Bonchev–Trinajstić information content (AvgIpc) is 4.19. The molecule has 6 heteroatoms. The molecule has 0 radical (unpaired) electrons. The second-order valence-electron chi connectivity index (χ2n) is 17.4. The molecule has 13 rings (SSSR count). The van der Waals surface area contributed by atoms with Crippen LogP contribution in [0.5, 0.6) is 0 Å². The number of fused-ring (bicyclic) bond motifs is 3. The van der Waals surface area contributed by atoms with Crippen LogP contribution in [-0.4, -0.2) is 28.7 Å². The Hall–Kier alpha value is -9.39. The van der Waals surface area contributed by atoms with Crippen LogP contribution in [0.4, 0.5) is 0 Å². The van der Waals surface area contributed by atoms with E-state index in [0.717, 1.165) is 67.1 Å². The molecule has 0 saturated carbocycles. The smallest absolute Gasteiger partial charge is 0.164 e. The lowest BCUT2D eigenvalue weighted by Crippen LogP contribution is -2.00. The van der Waals surface area contributed by atoms with Crippen LogP contribution in [-0.2, 0) is 0 Å². The van der Waals surface area contributed by atoms with Gasteiger partial charge in [-0.2, -0.15) is 0 Å². The molecule has 0 unspecified atom stereocenters. The summed E-state index contributed by atoms with van der Waals surface area (Å²) in [5.41, 5.74) is 16.2. The van der Waals surface area contributed by atoms with Gasteiger partial charge in [0.25, 0.3) is 0 Å². The Morgan fingerprint density at radius 1 is 0.217 bits per heavy atom. The lowest BCUT2D eigenvalue weighted by molar-refractivity contribution is 1.07. The van der Waals surface area contributed by atoms with E-state index in [-0.39, 0.29) is 0 Å². The molecule has 9 aromatic carbocycles. The molecule has 0 N–H and O–H groups in total. The summed E-state index contributed by atoms with van der Waals surface area (Å²) >= 11 is 0. The largest absolute Gasteiger partial charge is 0.317 e. The van der Waals surface area contributed by atoms with E-state index < -0.39 is 0 Å². The third-order valence-electron chi connectivity index (χ3n) is 13.2. The highest BCUT2D eigenvalue weighted by Crippen LogP contribution is 2.34. The van der Waals surface area contributed by atoms with Crippen LogP contribution < -0.4 is 0 Å². The molecule has 6 nitrogen and oxygen atoms in total. The summed E-state index contributed by atoms with van der Waals surface area (Å²) in [6, 6.07) is 83.6. The van der Waals surface area contributed by atoms with Crippen molar-refractivity contribution in [2.75, 3.05) is 0 Å². The summed E-state index contributed by atoms with van der Waals surface area (Å²) in [5.74, 6) is 1.82. The molecule has 0 atom stereocenters. The van der Waals surface area contributed by atoms with Crippen molar-refractivity contribution in [3.63, 3.8) is 0 Å². The van der Waals surface area contributed by atoms with Gasteiger partial charge in [-0.3, -0.25) is 0 Å². The minimum atomic E-state index is 0.606. The van der Waals surface area contributed by atoms with Crippen molar-refractivity contribution in [2.24, 2.45) is 0 Å². The maximum Gasteiger partial charge on any atom is 0.164 e. The van der Waals surface area contributed by atoms with E-state index in [1.54, 1.807) is 0 Å². The monoisotopic (exact) mass is 882 g/mol. The first-order chi connectivity index (χ1) is 34.1. The predicted molar refractivity (Wildman–Crippen MR) is 283 cm³/mol. The van der Waals surface area contributed by atoms with Gasteiger partial charge < -0.3 is 13.7 Å². The van der Waals surface area contributed by atoms with Crippen molar-refractivity contribution >= 4 is 32.7 Å². The molecule has 69 heavy (non-hydrogen) atoms. The Kier molecular flexibility index (Phi) is 9.72. The van der Waals surface area contributed by atoms with Gasteiger partial charge in [0.05, 0.1) is 16.6 Å². The molecule has 324 valence electrons. The molecule has 0 bridgehead atoms. The van der Waals surface area contributed by atoms with Gasteiger partial charge in [0, 0.05) is 52.3 Å². The number of hydrogen-bond donors (Lipinski definition) is 0. The molecule has 0 aliphatic carbocycles. The van der Waals surface area contributed by atoms with Gasteiger partial charge in [-0.1, -0.05) is 146 Å². The minimum absolute atomic E-state index is 0.606. The Morgan fingerprint density at radius 3 is 0.797 bits per heavy atom. The lowest BCUT2D eigenvalue weighted by Gasteiger charge is -2.12. The fourth-order valence-corrected chi connectivity index (χ4v) is 9.64. The second kappa shape index (κ2) is 16.8. The third kappa shape index (κ3) is 7.47. The first-order valence-corrected chi connectivity index (χ1v) is 23.2. The number of rotatable bonds is 9. The Morgan fingerprint density at radius 2 is 0.493 bits per heavy atom. The van der Waals surface area contributed by atoms with E-state index in [4.69, 9.17) is 15.0 Å². The van der Waals surface area contributed by atoms with Crippen molar-refractivity contribution in [3.05, 3.63) is 255 Å². The van der Waals surface area contributed by atoms with Crippen LogP contribution in [0.1, 0.15) is 0 Å². The Labute approximate surface area is 399 Å².